The molecular weight excluding hydrogens is 338 g/mol. The maximum absolute atomic E-state index is 11.0. The first-order valence-electron chi connectivity index (χ1n) is 7.49. The molecule has 126 valence electrons. The lowest BCUT2D eigenvalue weighted by atomic mass is 10.2. The van der Waals surface area contributed by atoms with Crippen molar-refractivity contribution in [3.8, 4) is 0 Å². The first kappa shape index (κ1) is 16.8. The quantitative estimate of drug-likeness (QED) is 0.292. The van der Waals surface area contributed by atoms with Gasteiger partial charge in [-0.2, -0.15) is 9.78 Å². The molecule has 3 rings (SSSR count). The standard InChI is InChI=1S/C17H15N5O2S/c1-13-6-8-14(9-7-13)11-25-17-20-18-12-21(17)19-10-15-4-2-3-5-16(15)22(23)24/h2-10,12H,11H2,1H3/b19-10-. The number of thioether (sulfide) groups is 1. The summed E-state index contributed by atoms with van der Waals surface area (Å²) in [5.41, 5.74) is 2.82. The molecular formula is C17H15N5O2S. The molecule has 0 saturated carbocycles. The van der Waals surface area contributed by atoms with Crippen LogP contribution in [-0.2, 0) is 5.75 Å². The highest BCUT2D eigenvalue weighted by Crippen LogP contribution is 2.21. The summed E-state index contributed by atoms with van der Waals surface area (Å²) in [5, 5.41) is 23.8. The fraction of sp³-hybridized carbons (Fsp3) is 0.118. The number of aryl methyl sites for hydroxylation is 1. The number of rotatable bonds is 6. The van der Waals surface area contributed by atoms with E-state index in [4.69, 9.17) is 0 Å². The predicted octanol–water partition coefficient (Wildman–Crippen LogP) is 3.67. The topological polar surface area (TPSA) is 86.2 Å². The zero-order chi connectivity index (χ0) is 17.6. The van der Waals surface area contributed by atoms with Crippen LogP contribution < -0.4 is 0 Å². The average Bonchev–Trinajstić information content (AvgIpc) is 3.07. The fourth-order valence-electron chi connectivity index (χ4n) is 2.11. The second-order valence-corrected chi connectivity index (χ2v) is 6.24. The van der Waals surface area contributed by atoms with Gasteiger partial charge in [-0.3, -0.25) is 10.1 Å². The van der Waals surface area contributed by atoms with Gasteiger partial charge >= 0.3 is 0 Å². The van der Waals surface area contributed by atoms with Crippen molar-refractivity contribution in [2.24, 2.45) is 5.10 Å². The van der Waals surface area contributed by atoms with E-state index in [9.17, 15) is 10.1 Å². The molecule has 0 unspecified atom stereocenters. The van der Waals surface area contributed by atoms with Crippen LogP contribution in [0.3, 0.4) is 0 Å². The zero-order valence-corrected chi connectivity index (χ0v) is 14.3. The van der Waals surface area contributed by atoms with E-state index in [2.05, 4.69) is 39.6 Å². The molecule has 0 aliphatic rings. The van der Waals surface area contributed by atoms with E-state index in [-0.39, 0.29) is 5.69 Å². The highest BCUT2D eigenvalue weighted by Gasteiger charge is 2.10. The molecule has 3 aromatic rings. The van der Waals surface area contributed by atoms with Crippen molar-refractivity contribution in [1.29, 1.82) is 0 Å². The van der Waals surface area contributed by atoms with Crippen LogP contribution in [-0.4, -0.2) is 26.0 Å². The molecule has 0 saturated heterocycles. The van der Waals surface area contributed by atoms with E-state index in [1.165, 1.54) is 46.2 Å². The largest absolute Gasteiger partial charge is 0.278 e. The molecule has 1 heterocycles. The number of para-hydroxylation sites is 1. The van der Waals surface area contributed by atoms with Crippen LogP contribution in [0.1, 0.15) is 16.7 Å². The van der Waals surface area contributed by atoms with E-state index < -0.39 is 4.92 Å². The molecule has 2 aromatic carbocycles. The van der Waals surface area contributed by atoms with Gasteiger partial charge in [-0.25, -0.2) is 0 Å². The minimum Gasteiger partial charge on any atom is -0.258 e. The molecule has 25 heavy (non-hydrogen) atoms. The van der Waals surface area contributed by atoms with Crippen molar-refractivity contribution >= 4 is 23.7 Å². The van der Waals surface area contributed by atoms with Crippen molar-refractivity contribution < 1.29 is 4.92 Å². The number of hydrogen-bond donors (Lipinski definition) is 0. The lowest BCUT2D eigenvalue weighted by molar-refractivity contribution is -0.385. The zero-order valence-electron chi connectivity index (χ0n) is 13.4. The second-order valence-electron chi connectivity index (χ2n) is 5.29. The summed E-state index contributed by atoms with van der Waals surface area (Å²) in [4.78, 5) is 10.6. The van der Waals surface area contributed by atoms with Gasteiger partial charge in [-0.1, -0.05) is 53.7 Å². The Balaban J connectivity index is 1.73. The lowest BCUT2D eigenvalue weighted by Gasteiger charge is -2.02. The van der Waals surface area contributed by atoms with Crippen LogP contribution in [0, 0.1) is 17.0 Å². The number of benzene rings is 2. The summed E-state index contributed by atoms with van der Waals surface area (Å²) in [6.45, 7) is 2.05. The second kappa shape index (κ2) is 7.71. The van der Waals surface area contributed by atoms with Gasteiger partial charge in [0, 0.05) is 11.8 Å². The van der Waals surface area contributed by atoms with Gasteiger partial charge < -0.3 is 0 Å². The molecule has 0 aliphatic heterocycles. The summed E-state index contributed by atoms with van der Waals surface area (Å²) in [6, 6.07) is 14.7. The van der Waals surface area contributed by atoms with Crippen LogP contribution in [0.4, 0.5) is 5.69 Å². The van der Waals surface area contributed by atoms with Gasteiger partial charge in [0.05, 0.1) is 16.7 Å². The summed E-state index contributed by atoms with van der Waals surface area (Å²) < 4.78 is 1.51. The van der Waals surface area contributed by atoms with Gasteiger partial charge in [0.25, 0.3) is 5.69 Å². The molecule has 7 nitrogen and oxygen atoms in total. The SMILES string of the molecule is Cc1ccc(CSc2nncn2/N=C\c2ccccc2[N+](=O)[O-])cc1. The van der Waals surface area contributed by atoms with Gasteiger partial charge in [-0.05, 0) is 18.6 Å². The van der Waals surface area contributed by atoms with Crippen LogP contribution in [0.25, 0.3) is 0 Å². The molecule has 0 amide bonds. The number of nitro groups is 1. The lowest BCUT2D eigenvalue weighted by Crippen LogP contribution is -1.96. The predicted molar refractivity (Wildman–Crippen MR) is 96.9 cm³/mol. The minimum absolute atomic E-state index is 0.00758. The first-order chi connectivity index (χ1) is 12.1. The summed E-state index contributed by atoms with van der Waals surface area (Å²) >= 11 is 1.50. The van der Waals surface area contributed by atoms with Gasteiger partial charge in [-0.15, -0.1) is 10.2 Å². The Bertz CT molecular complexity index is 905. The maximum Gasteiger partial charge on any atom is 0.278 e. The van der Waals surface area contributed by atoms with Crippen molar-refractivity contribution in [3.05, 3.63) is 81.7 Å². The molecule has 1 aromatic heterocycles. The van der Waals surface area contributed by atoms with E-state index >= 15 is 0 Å². The molecule has 0 fully saturated rings. The Labute approximate surface area is 148 Å². The Kier molecular flexibility index (Phi) is 5.20. The van der Waals surface area contributed by atoms with E-state index in [0.29, 0.717) is 10.7 Å². The van der Waals surface area contributed by atoms with Crippen LogP contribution in [0.2, 0.25) is 0 Å². The van der Waals surface area contributed by atoms with Crippen LogP contribution >= 0.6 is 11.8 Å². The van der Waals surface area contributed by atoms with E-state index in [0.717, 1.165) is 5.75 Å². The molecule has 0 bridgehead atoms. The molecule has 8 heteroatoms. The highest BCUT2D eigenvalue weighted by atomic mass is 32.2. The molecule has 0 radical (unpaired) electrons. The van der Waals surface area contributed by atoms with Crippen molar-refractivity contribution in [2.75, 3.05) is 0 Å². The normalized spacial score (nSPS) is 11.1. The monoisotopic (exact) mass is 353 g/mol. The molecule has 0 spiro atoms. The van der Waals surface area contributed by atoms with Gasteiger partial charge in [0.2, 0.25) is 5.16 Å². The van der Waals surface area contributed by atoms with Gasteiger partial charge in [0.15, 0.2) is 0 Å². The maximum atomic E-state index is 11.0. The third kappa shape index (κ3) is 4.30. The third-order valence-electron chi connectivity index (χ3n) is 3.44. The summed E-state index contributed by atoms with van der Waals surface area (Å²) in [6.07, 6.45) is 2.92. The van der Waals surface area contributed by atoms with E-state index in [1.807, 2.05) is 6.92 Å². The average molecular weight is 353 g/mol. The molecule has 0 atom stereocenters. The number of nitrogens with zero attached hydrogens (tertiary/aromatic N) is 5. The van der Waals surface area contributed by atoms with Crippen LogP contribution in [0.5, 0.6) is 0 Å². The molecule has 0 N–H and O–H groups in total. The summed E-state index contributed by atoms with van der Waals surface area (Å²) in [7, 11) is 0. The Morgan fingerprint density at radius 1 is 1.24 bits per heavy atom. The highest BCUT2D eigenvalue weighted by molar-refractivity contribution is 7.98. The summed E-state index contributed by atoms with van der Waals surface area (Å²) in [5.74, 6) is 0.736. The third-order valence-corrected chi connectivity index (χ3v) is 4.45. The molecule has 0 aliphatic carbocycles. The smallest absolute Gasteiger partial charge is 0.258 e. The fourth-order valence-corrected chi connectivity index (χ4v) is 2.93. The minimum atomic E-state index is -0.430. The van der Waals surface area contributed by atoms with Crippen LogP contribution in [0.15, 0.2) is 65.1 Å². The van der Waals surface area contributed by atoms with Gasteiger partial charge in [0.1, 0.15) is 6.33 Å². The van der Waals surface area contributed by atoms with Crippen molar-refractivity contribution in [1.82, 2.24) is 14.9 Å². The Morgan fingerprint density at radius 3 is 2.76 bits per heavy atom. The number of hydrogen-bond acceptors (Lipinski definition) is 6. The first-order valence-corrected chi connectivity index (χ1v) is 8.48. The Morgan fingerprint density at radius 2 is 2.00 bits per heavy atom. The number of aromatic nitrogens is 3. The Hall–Kier alpha value is -3.00. The van der Waals surface area contributed by atoms with E-state index in [1.54, 1.807) is 18.2 Å². The van der Waals surface area contributed by atoms with Crippen molar-refractivity contribution in [3.63, 3.8) is 0 Å². The number of nitro benzene ring substituents is 1. The van der Waals surface area contributed by atoms with Crippen molar-refractivity contribution in [2.45, 2.75) is 17.8 Å².